The highest BCUT2D eigenvalue weighted by Gasteiger charge is 2.54. The van der Waals surface area contributed by atoms with Crippen molar-refractivity contribution in [3.63, 3.8) is 0 Å². The molecule has 27 heavy (non-hydrogen) atoms. The number of aromatic nitrogens is 1. The van der Waals surface area contributed by atoms with E-state index in [9.17, 15) is 9.90 Å². The number of aliphatic hydroxyl groups excluding tert-OH is 1. The number of nitrogens with zero attached hydrogens (tertiary/aromatic N) is 2. The van der Waals surface area contributed by atoms with E-state index in [1.54, 1.807) is 0 Å². The van der Waals surface area contributed by atoms with Gasteiger partial charge in [-0.2, -0.15) is 0 Å². The Labute approximate surface area is 166 Å². The van der Waals surface area contributed by atoms with Crippen molar-refractivity contribution in [1.82, 2.24) is 9.88 Å². The largest absolute Gasteiger partial charge is 0.392 e. The average Bonchev–Trinajstić information content (AvgIpc) is 3.01. The van der Waals surface area contributed by atoms with E-state index in [2.05, 4.69) is 20.8 Å². The van der Waals surface area contributed by atoms with Crippen LogP contribution in [0.1, 0.15) is 55.1 Å². The van der Waals surface area contributed by atoms with Crippen molar-refractivity contribution in [3.8, 4) is 0 Å². The van der Waals surface area contributed by atoms with Gasteiger partial charge < -0.3 is 14.7 Å². The molecule has 1 saturated heterocycles. The summed E-state index contributed by atoms with van der Waals surface area (Å²) >= 11 is 1.81. The molecule has 2 heterocycles. The summed E-state index contributed by atoms with van der Waals surface area (Å²) in [5, 5.41) is 12.6. The minimum Gasteiger partial charge on any atom is -0.392 e. The molecule has 2 aliphatic carbocycles. The van der Waals surface area contributed by atoms with Crippen LogP contribution in [0.5, 0.6) is 0 Å². The van der Waals surface area contributed by atoms with Crippen LogP contribution in [0, 0.1) is 30.1 Å². The Morgan fingerprint density at radius 2 is 2.11 bits per heavy atom. The topological polar surface area (TPSA) is 62.7 Å². The third-order valence-electron chi connectivity index (χ3n) is 7.38. The third kappa shape index (κ3) is 3.23. The molecule has 3 aliphatic rings. The Morgan fingerprint density at radius 1 is 1.41 bits per heavy atom. The Kier molecular flexibility index (Phi) is 5.10. The number of thiazole rings is 1. The number of aliphatic hydroxyl groups is 1. The van der Waals surface area contributed by atoms with E-state index in [4.69, 9.17) is 9.72 Å². The zero-order chi connectivity index (χ0) is 19.3. The summed E-state index contributed by atoms with van der Waals surface area (Å²) in [5.41, 5.74) is 1.29. The second-order valence-electron chi connectivity index (χ2n) is 9.11. The summed E-state index contributed by atoms with van der Waals surface area (Å²) in [5.74, 6) is 0.479. The molecule has 6 atom stereocenters. The number of amides is 1. The Morgan fingerprint density at radius 3 is 2.81 bits per heavy atom. The van der Waals surface area contributed by atoms with E-state index >= 15 is 0 Å². The Balaban J connectivity index is 1.56. The van der Waals surface area contributed by atoms with E-state index < -0.39 is 6.10 Å². The summed E-state index contributed by atoms with van der Waals surface area (Å²) < 4.78 is 5.38. The van der Waals surface area contributed by atoms with Crippen molar-refractivity contribution in [2.45, 2.75) is 59.0 Å². The van der Waals surface area contributed by atoms with E-state index in [1.807, 2.05) is 23.2 Å². The van der Waals surface area contributed by atoms with Crippen LogP contribution in [0.3, 0.4) is 0 Å². The molecule has 1 aliphatic heterocycles. The van der Waals surface area contributed by atoms with Crippen LogP contribution in [0.4, 0.5) is 0 Å². The smallest absolute Gasteiger partial charge is 0.225 e. The lowest BCUT2D eigenvalue weighted by Crippen LogP contribution is -2.54. The predicted octanol–water partition coefficient (Wildman–Crippen LogP) is 3.00. The van der Waals surface area contributed by atoms with E-state index in [0.29, 0.717) is 26.3 Å². The summed E-state index contributed by atoms with van der Waals surface area (Å²) in [6.07, 6.45) is 2.55. The molecule has 0 aromatic carbocycles. The molecule has 6 unspecified atom stereocenters. The highest BCUT2D eigenvalue weighted by molar-refractivity contribution is 7.11. The molecule has 0 spiro atoms. The average molecular weight is 393 g/mol. The van der Waals surface area contributed by atoms with Gasteiger partial charge in [-0.15, -0.1) is 11.3 Å². The van der Waals surface area contributed by atoms with Crippen molar-refractivity contribution >= 4 is 17.2 Å². The molecular weight excluding hydrogens is 360 g/mol. The number of hydrogen-bond acceptors (Lipinski definition) is 5. The van der Waals surface area contributed by atoms with Gasteiger partial charge in [-0.1, -0.05) is 20.8 Å². The molecule has 1 N–H and O–H groups in total. The summed E-state index contributed by atoms with van der Waals surface area (Å²) in [7, 11) is 0. The molecule has 0 radical (unpaired) electrons. The molecule has 4 rings (SSSR count). The number of fused-ring (bicyclic) bond motifs is 2. The van der Waals surface area contributed by atoms with Gasteiger partial charge in [-0.3, -0.25) is 4.79 Å². The number of morpholine rings is 1. The molecular formula is C21H32N2O3S. The van der Waals surface area contributed by atoms with Crippen LogP contribution in [-0.4, -0.2) is 53.3 Å². The Bertz CT molecular complexity index is 714. The van der Waals surface area contributed by atoms with Crippen LogP contribution >= 0.6 is 11.3 Å². The fraction of sp³-hybridized carbons (Fsp3) is 0.810. The van der Waals surface area contributed by atoms with Crippen molar-refractivity contribution < 1.29 is 14.6 Å². The maximum atomic E-state index is 13.0. The first-order chi connectivity index (χ1) is 12.8. The monoisotopic (exact) mass is 392 g/mol. The molecule has 5 nitrogen and oxygen atoms in total. The summed E-state index contributed by atoms with van der Waals surface area (Å²) in [6.45, 7) is 11.2. The minimum atomic E-state index is -0.450. The molecule has 1 aromatic rings. The van der Waals surface area contributed by atoms with Crippen LogP contribution < -0.4 is 0 Å². The minimum absolute atomic E-state index is 0.0298. The number of ether oxygens (including phenoxy) is 1. The zero-order valence-corrected chi connectivity index (χ0v) is 17.7. The predicted molar refractivity (Wildman–Crippen MR) is 106 cm³/mol. The van der Waals surface area contributed by atoms with Gasteiger partial charge in [0.1, 0.15) is 0 Å². The SMILES string of the molecule is Cc1nc2c(s1)CC1(C)CCC(C(C)C(=O)N3CCOCC3)C(O)C1C2C. The first-order valence-electron chi connectivity index (χ1n) is 10.3. The maximum Gasteiger partial charge on any atom is 0.225 e. The lowest BCUT2D eigenvalue weighted by molar-refractivity contribution is -0.148. The van der Waals surface area contributed by atoms with Gasteiger partial charge in [-0.25, -0.2) is 4.98 Å². The lowest BCUT2D eigenvalue weighted by Gasteiger charge is -2.53. The van der Waals surface area contributed by atoms with E-state index in [-0.39, 0.29) is 35.0 Å². The molecule has 6 heteroatoms. The normalized spacial score (nSPS) is 37.4. The van der Waals surface area contributed by atoms with Crippen molar-refractivity contribution in [2.75, 3.05) is 26.3 Å². The Hall–Kier alpha value is -0.980. The number of hydrogen-bond donors (Lipinski definition) is 1. The highest BCUT2D eigenvalue weighted by Crippen LogP contribution is 2.57. The number of carbonyl (C=O) groups excluding carboxylic acids is 1. The van der Waals surface area contributed by atoms with Gasteiger partial charge in [0, 0.05) is 29.8 Å². The summed E-state index contributed by atoms with van der Waals surface area (Å²) in [6, 6.07) is 0. The second-order valence-corrected chi connectivity index (χ2v) is 10.4. The second kappa shape index (κ2) is 7.12. The molecule has 150 valence electrons. The van der Waals surface area contributed by atoms with Crippen molar-refractivity contribution in [1.29, 1.82) is 0 Å². The molecule has 1 saturated carbocycles. The van der Waals surface area contributed by atoms with Crippen LogP contribution in [0.2, 0.25) is 0 Å². The number of aryl methyl sites for hydroxylation is 1. The van der Waals surface area contributed by atoms with Gasteiger partial charge in [0.15, 0.2) is 0 Å². The standard InChI is InChI=1S/C21H32N2O3S/c1-12(20(25)23-7-9-26-10-8-23)15-5-6-21(4)11-16-18(22-14(3)27-16)13(2)17(21)19(15)24/h12-13,15,17,19,24H,5-11H2,1-4H3. The number of rotatable bonds is 2. The van der Waals surface area contributed by atoms with Gasteiger partial charge >= 0.3 is 0 Å². The quantitative estimate of drug-likeness (QED) is 0.840. The van der Waals surface area contributed by atoms with Gasteiger partial charge in [0.2, 0.25) is 5.91 Å². The lowest BCUT2D eigenvalue weighted by atomic mass is 9.53. The maximum absolute atomic E-state index is 13.0. The van der Waals surface area contributed by atoms with Gasteiger partial charge in [-0.05, 0) is 43.4 Å². The first-order valence-corrected chi connectivity index (χ1v) is 11.1. The highest BCUT2D eigenvalue weighted by atomic mass is 32.1. The summed E-state index contributed by atoms with van der Waals surface area (Å²) in [4.78, 5) is 21.1. The van der Waals surface area contributed by atoms with Crippen LogP contribution in [0.15, 0.2) is 0 Å². The first kappa shape index (κ1) is 19.3. The third-order valence-corrected chi connectivity index (χ3v) is 8.37. The molecule has 1 amide bonds. The van der Waals surface area contributed by atoms with Crippen molar-refractivity contribution in [3.05, 3.63) is 15.6 Å². The molecule has 0 bridgehead atoms. The fourth-order valence-electron chi connectivity index (χ4n) is 5.92. The van der Waals surface area contributed by atoms with Crippen LogP contribution in [0.25, 0.3) is 0 Å². The van der Waals surface area contributed by atoms with Crippen molar-refractivity contribution in [2.24, 2.45) is 23.2 Å². The molecule has 2 fully saturated rings. The number of carbonyl (C=O) groups is 1. The van der Waals surface area contributed by atoms with Gasteiger partial charge in [0.05, 0.1) is 30.0 Å². The zero-order valence-electron chi connectivity index (χ0n) is 16.9. The molecule has 1 aromatic heterocycles. The van der Waals surface area contributed by atoms with E-state index in [1.165, 1.54) is 10.6 Å². The van der Waals surface area contributed by atoms with Gasteiger partial charge in [0.25, 0.3) is 0 Å². The fourth-order valence-corrected chi connectivity index (χ4v) is 7.16. The van der Waals surface area contributed by atoms with E-state index in [0.717, 1.165) is 24.3 Å². The van der Waals surface area contributed by atoms with Crippen LogP contribution in [-0.2, 0) is 16.0 Å².